The summed E-state index contributed by atoms with van der Waals surface area (Å²) in [6.07, 6.45) is 0. The molecular weight excluding hydrogens is 320 g/mol. The summed E-state index contributed by atoms with van der Waals surface area (Å²) in [5.74, 6) is 0. The molecule has 0 aromatic heterocycles. The van der Waals surface area contributed by atoms with E-state index in [0.29, 0.717) is 16.3 Å². The van der Waals surface area contributed by atoms with Crippen LogP contribution < -0.4 is 4.83 Å². The van der Waals surface area contributed by atoms with Crippen LogP contribution in [0.4, 0.5) is 0 Å². The van der Waals surface area contributed by atoms with Gasteiger partial charge in [-0.2, -0.15) is 18.4 Å². The van der Waals surface area contributed by atoms with Gasteiger partial charge in [0.05, 0.1) is 10.6 Å². The third kappa shape index (κ3) is 3.87. The van der Waals surface area contributed by atoms with Crippen molar-refractivity contribution in [2.75, 3.05) is 0 Å². The summed E-state index contributed by atoms with van der Waals surface area (Å²) >= 11 is 5.83. The molecule has 0 amide bonds. The largest absolute Gasteiger partial charge is 0.276 e. The number of nitrogens with zero attached hydrogens (tertiary/aromatic N) is 1. The van der Waals surface area contributed by atoms with Crippen LogP contribution in [0.25, 0.3) is 0 Å². The van der Waals surface area contributed by atoms with Gasteiger partial charge in [-0.15, -0.1) is 0 Å². The van der Waals surface area contributed by atoms with Crippen molar-refractivity contribution < 1.29 is 8.42 Å². The van der Waals surface area contributed by atoms with Crippen molar-refractivity contribution in [3.63, 3.8) is 0 Å². The Balaban J connectivity index is 2.27. The molecule has 0 spiro atoms. The Kier molecular flexibility index (Phi) is 4.88. The van der Waals surface area contributed by atoms with Crippen LogP contribution >= 0.6 is 11.6 Å². The van der Waals surface area contributed by atoms with Crippen LogP contribution in [0, 0.1) is 13.8 Å². The predicted molar refractivity (Wildman–Crippen MR) is 89.9 cm³/mol. The number of hydrogen-bond acceptors (Lipinski definition) is 3. The van der Waals surface area contributed by atoms with Crippen molar-refractivity contribution >= 4 is 27.3 Å². The fourth-order valence-corrected chi connectivity index (χ4v) is 3.24. The lowest BCUT2D eigenvalue weighted by molar-refractivity contribution is 0.583. The van der Waals surface area contributed by atoms with Gasteiger partial charge in [0, 0.05) is 5.02 Å². The summed E-state index contributed by atoms with van der Waals surface area (Å²) in [6.45, 7) is 5.33. The maximum atomic E-state index is 12.4. The number of sulfonamides is 1. The van der Waals surface area contributed by atoms with Gasteiger partial charge in [0.15, 0.2) is 0 Å². The summed E-state index contributed by atoms with van der Waals surface area (Å²) in [6, 6.07) is 12.3. The first-order chi connectivity index (χ1) is 10.3. The molecule has 2 aromatic carbocycles. The maximum absolute atomic E-state index is 12.4. The van der Waals surface area contributed by atoms with E-state index in [1.165, 1.54) is 0 Å². The summed E-state index contributed by atoms with van der Waals surface area (Å²) in [5, 5.41) is 4.60. The average molecular weight is 337 g/mol. The first kappa shape index (κ1) is 16.5. The van der Waals surface area contributed by atoms with Crippen LogP contribution in [0.15, 0.2) is 52.5 Å². The lowest BCUT2D eigenvalue weighted by atomic mass is 10.1. The molecule has 0 aliphatic rings. The van der Waals surface area contributed by atoms with Crippen molar-refractivity contribution in [1.29, 1.82) is 0 Å². The molecule has 116 valence electrons. The zero-order chi connectivity index (χ0) is 16.3. The quantitative estimate of drug-likeness (QED) is 0.684. The van der Waals surface area contributed by atoms with Crippen molar-refractivity contribution in [2.24, 2.45) is 5.10 Å². The fraction of sp³-hybridized carbons (Fsp3) is 0.188. The number of hydrazone groups is 1. The van der Waals surface area contributed by atoms with Gasteiger partial charge in [0.25, 0.3) is 10.0 Å². The van der Waals surface area contributed by atoms with Crippen molar-refractivity contribution in [3.8, 4) is 0 Å². The molecule has 0 atom stereocenters. The zero-order valence-corrected chi connectivity index (χ0v) is 14.2. The summed E-state index contributed by atoms with van der Waals surface area (Å²) in [5.41, 5.74) is 2.92. The lowest BCUT2D eigenvalue weighted by Crippen LogP contribution is -2.21. The molecule has 6 heteroatoms. The molecule has 0 fully saturated rings. The summed E-state index contributed by atoms with van der Waals surface area (Å²) in [4.78, 5) is 2.52. The number of nitrogens with one attached hydrogen (secondary N) is 1. The number of hydrogen-bond donors (Lipinski definition) is 1. The minimum atomic E-state index is -3.69. The van der Waals surface area contributed by atoms with E-state index in [1.807, 2.05) is 13.0 Å². The molecule has 0 bridgehead atoms. The molecule has 0 heterocycles. The lowest BCUT2D eigenvalue weighted by Gasteiger charge is -2.09. The van der Waals surface area contributed by atoms with Gasteiger partial charge in [0.1, 0.15) is 0 Å². The second kappa shape index (κ2) is 6.50. The van der Waals surface area contributed by atoms with E-state index in [-0.39, 0.29) is 4.90 Å². The molecule has 0 radical (unpaired) electrons. The van der Waals surface area contributed by atoms with E-state index in [0.717, 1.165) is 11.1 Å². The van der Waals surface area contributed by atoms with Crippen LogP contribution in [0.5, 0.6) is 0 Å². The summed E-state index contributed by atoms with van der Waals surface area (Å²) < 4.78 is 24.7. The molecule has 0 saturated carbocycles. The zero-order valence-electron chi connectivity index (χ0n) is 12.6. The van der Waals surface area contributed by atoms with E-state index in [9.17, 15) is 8.42 Å². The molecule has 2 rings (SSSR count). The highest BCUT2D eigenvalue weighted by atomic mass is 35.5. The Morgan fingerprint density at radius 3 is 2.36 bits per heavy atom. The normalized spacial score (nSPS) is 12.3. The van der Waals surface area contributed by atoms with E-state index < -0.39 is 10.0 Å². The molecular formula is C16H17ClN2O2S. The molecule has 2 aromatic rings. The van der Waals surface area contributed by atoms with Gasteiger partial charge in [-0.3, -0.25) is 0 Å². The van der Waals surface area contributed by atoms with Gasteiger partial charge in [-0.05, 0) is 55.7 Å². The van der Waals surface area contributed by atoms with Crippen LogP contribution in [-0.2, 0) is 10.0 Å². The average Bonchev–Trinajstić information content (AvgIpc) is 2.48. The fourth-order valence-electron chi connectivity index (χ4n) is 1.93. The highest BCUT2D eigenvalue weighted by Crippen LogP contribution is 2.17. The van der Waals surface area contributed by atoms with E-state index >= 15 is 0 Å². The third-order valence-electron chi connectivity index (χ3n) is 3.23. The molecule has 1 N–H and O–H groups in total. The monoisotopic (exact) mass is 336 g/mol. The van der Waals surface area contributed by atoms with Crippen LogP contribution in [0.2, 0.25) is 5.02 Å². The number of halogens is 1. The van der Waals surface area contributed by atoms with Gasteiger partial charge in [0.2, 0.25) is 0 Å². The van der Waals surface area contributed by atoms with Crippen molar-refractivity contribution in [2.45, 2.75) is 25.7 Å². The first-order valence-corrected chi connectivity index (χ1v) is 8.55. The first-order valence-electron chi connectivity index (χ1n) is 6.69. The second-order valence-corrected chi connectivity index (χ2v) is 7.13. The third-order valence-corrected chi connectivity index (χ3v) is 4.83. The molecule has 0 aliphatic heterocycles. The smallest absolute Gasteiger partial charge is 0.200 e. The van der Waals surface area contributed by atoms with E-state index in [4.69, 9.17) is 11.6 Å². The molecule has 0 saturated heterocycles. The molecule has 0 aliphatic carbocycles. The van der Waals surface area contributed by atoms with Crippen LogP contribution in [0.3, 0.4) is 0 Å². The van der Waals surface area contributed by atoms with Gasteiger partial charge in [-0.1, -0.05) is 35.9 Å². The van der Waals surface area contributed by atoms with Gasteiger partial charge in [-0.25, -0.2) is 0 Å². The Hall–Kier alpha value is -1.85. The SMILES string of the molecule is C/C(=N/NS(=O)(=O)c1cc(C)ccc1C)c1ccc(Cl)cc1. The predicted octanol–water partition coefficient (Wildman–Crippen LogP) is 3.66. The number of rotatable bonds is 4. The molecule has 4 nitrogen and oxygen atoms in total. The summed E-state index contributed by atoms with van der Waals surface area (Å²) in [7, 11) is -3.69. The molecule has 22 heavy (non-hydrogen) atoms. The van der Waals surface area contributed by atoms with Crippen LogP contribution in [-0.4, -0.2) is 14.1 Å². The Labute approximate surface area is 135 Å². The maximum Gasteiger partial charge on any atom is 0.276 e. The minimum Gasteiger partial charge on any atom is -0.200 e. The molecule has 0 unspecified atom stereocenters. The van der Waals surface area contributed by atoms with Crippen LogP contribution in [0.1, 0.15) is 23.6 Å². The highest BCUT2D eigenvalue weighted by molar-refractivity contribution is 7.89. The second-order valence-electron chi connectivity index (χ2n) is 5.07. The number of benzene rings is 2. The Morgan fingerprint density at radius 2 is 1.73 bits per heavy atom. The standard InChI is InChI=1S/C16H17ClN2O2S/c1-11-4-5-12(2)16(10-11)22(20,21)19-18-13(3)14-6-8-15(17)9-7-14/h4-10,19H,1-3H3/b18-13-. The van der Waals surface area contributed by atoms with Gasteiger partial charge >= 0.3 is 0 Å². The van der Waals surface area contributed by atoms with Crippen molar-refractivity contribution in [1.82, 2.24) is 4.83 Å². The van der Waals surface area contributed by atoms with Crippen molar-refractivity contribution in [3.05, 3.63) is 64.2 Å². The van der Waals surface area contributed by atoms with Gasteiger partial charge < -0.3 is 0 Å². The topological polar surface area (TPSA) is 58.5 Å². The highest BCUT2D eigenvalue weighted by Gasteiger charge is 2.16. The minimum absolute atomic E-state index is 0.236. The van der Waals surface area contributed by atoms with E-state index in [2.05, 4.69) is 9.93 Å². The Bertz CT molecular complexity index is 813. The number of aryl methyl sites for hydroxylation is 2. The Morgan fingerprint density at radius 1 is 1.09 bits per heavy atom. The van der Waals surface area contributed by atoms with E-state index in [1.54, 1.807) is 50.2 Å².